The zero-order valence-electron chi connectivity index (χ0n) is 14.6. The van der Waals surface area contributed by atoms with Gasteiger partial charge in [-0.1, -0.05) is 55.8 Å². The molecule has 0 N–H and O–H groups in total. The minimum absolute atomic E-state index is 0.183. The summed E-state index contributed by atoms with van der Waals surface area (Å²) in [5.74, 6) is 3.23. The van der Waals surface area contributed by atoms with E-state index in [0.29, 0.717) is 5.92 Å². The van der Waals surface area contributed by atoms with Crippen LogP contribution in [0.2, 0.25) is 5.02 Å². The number of hydrogen-bond donors (Lipinski definition) is 0. The molecule has 2 aromatic rings. The van der Waals surface area contributed by atoms with Crippen LogP contribution < -0.4 is 0 Å². The molecule has 1 heteroatoms. The van der Waals surface area contributed by atoms with Crippen LogP contribution in [0.3, 0.4) is 0 Å². The number of hydrogen-bond acceptors (Lipinski definition) is 0. The summed E-state index contributed by atoms with van der Waals surface area (Å²) in [6.07, 6.45) is 5.55. The molecule has 24 heavy (non-hydrogen) atoms. The van der Waals surface area contributed by atoms with Crippen molar-refractivity contribution in [3.63, 3.8) is 0 Å². The van der Waals surface area contributed by atoms with Crippen molar-refractivity contribution in [2.75, 3.05) is 0 Å². The molecule has 2 fully saturated rings. The van der Waals surface area contributed by atoms with E-state index >= 15 is 0 Å². The molecule has 0 aromatic heterocycles. The van der Waals surface area contributed by atoms with E-state index in [1.807, 2.05) is 0 Å². The maximum Gasteiger partial charge on any atom is 0.0409 e. The highest BCUT2D eigenvalue weighted by Crippen LogP contribution is 2.64. The lowest BCUT2D eigenvalue weighted by atomic mass is 9.49. The molecule has 2 aromatic carbocycles. The highest BCUT2D eigenvalue weighted by Gasteiger charge is 2.56. The van der Waals surface area contributed by atoms with Crippen molar-refractivity contribution < 1.29 is 0 Å². The fourth-order valence-corrected chi connectivity index (χ4v) is 6.86. The Labute approximate surface area is 150 Å². The average molecular weight is 337 g/mol. The largest absolute Gasteiger partial charge is 0.0843 e. The molecule has 1 spiro atoms. The fourth-order valence-electron chi connectivity index (χ4n) is 6.69. The molecule has 0 radical (unpaired) electrons. The second-order valence-corrected chi connectivity index (χ2v) is 9.05. The van der Waals surface area contributed by atoms with Gasteiger partial charge in [-0.05, 0) is 83.7 Å². The molecule has 5 atom stereocenters. The van der Waals surface area contributed by atoms with Crippen LogP contribution in [0.5, 0.6) is 0 Å². The van der Waals surface area contributed by atoms with Gasteiger partial charge in [-0.2, -0.15) is 0 Å². The summed E-state index contributed by atoms with van der Waals surface area (Å²) < 4.78 is 0. The molecule has 0 heterocycles. The van der Waals surface area contributed by atoms with E-state index in [2.05, 4.69) is 56.3 Å². The molecule has 0 nitrogen and oxygen atoms in total. The van der Waals surface area contributed by atoms with Gasteiger partial charge in [0, 0.05) is 10.4 Å². The highest BCUT2D eigenvalue weighted by atomic mass is 35.5. The summed E-state index contributed by atoms with van der Waals surface area (Å²) in [5, 5.41) is 0.888. The van der Waals surface area contributed by atoms with Crippen LogP contribution in [-0.4, -0.2) is 0 Å². The number of benzene rings is 2. The van der Waals surface area contributed by atoms with Crippen molar-refractivity contribution >= 4 is 11.6 Å². The zero-order chi connectivity index (χ0) is 16.5. The minimum Gasteiger partial charge on any atom is -0.0843 e. The lowest BCUT2D eigenvalue weighted by molar-refractivity contribution is 0.0426. The van der Waals surface area contributed by atoms with Gasteiger partial charge in [0.1, 0.15) is 0 Å². The lowest BCUT2D eigenvalue weighted by Crippen LogP contribution is -2.49. The molecule has 5 unspecified atom stereocenters. The second kappa shape index (κ2) is 5.11. The number of halogens is 1. The van der Waals surface area contributed by atoms with Gasteiger partial charge < -0.3 is 0 Å². The summed E-state index contributed by atoms with van der Waals surface area (Å²) in [4.78, 5) is 0. The van der Waals surface area contributed by atoms with Gasteiger partial charge in [-0.3, -0.25) is 0 Å². The topological polar surface area (TPSA) is 0 Å². The van der Waals surface area contributed by atoms with Gasteiger partial charge in [0.05, 0.1) is 0 Å². The van der Waals surface area contributed by atoms with E-state index in [9.17, 15) is 0 Å². The van der Waals surface area contributed by atoms with Crippen molar-refractivity contribution in [2.45, 2.75) is 44.9 Å². The standard InChI is InChI=1S/C23H25Cl/c1-14-9-16-11-15(2)23(17(10-14)12-16)21-6-4-3-5-19(21)20-8-7-18(24)13-22(20)23/h3-8,13-17H,9-12H2,1-2H3. The Balaban J connectivity index is 1.81. The Hall–Kier alpha value is -1.27. The first-order valence-electron chi connectivity index (χ1n) is 9.50. The Kier molecular flexibility index (Phi) is 3.20. The second-order valence-electron chi connectivity index (χ2n) is 8.62. The predicted octanol–water partition coefficient (Wildman–Crippen LogP) is 6.70. The van der Waals surface area contributed by atoms with Crippen molar-refractivity contribution in [3.05, 3.63) is 58.6 Å². The Morgan fingerprint density at radius 1 is 0.875 bits per heavy atom. The number of rotatable bonds is 0. The molecule has 0 saturated heterocycles. The maximum absolute atomic E-state index is 6.48. The van der Waals surface area contributed by atoms with E-state index < -0.39 is 0 Å². The first-order valence-corrected chi connectivity index (χ1v) is 9.88. The van der Waals surface area contributed by atoms with Crippen LogP contribution in [-0.2, 0) is 5.41 Å². The van der Waals surface area contributed by atoms with Crippen LogP contribution in [0.1, 0.15) is 50.7 Å². The van der Waals surface area contributed by atoms with Crippen LogP contribution in [0.4, 0.5) is 0 Å². The molecule has 2 bridgehead atoms. The molecule has 3 aliphatic rings. The monoisotopic (exact) mass is 336 g/mol. The van der Waals surface area contributed by atoms with Crippen molar-refractivity contribution in [1.29, 1.82) is 0 Å². The highest BCUT2D eigenvalue weighted by molar-refractivity contribution is 6.30. The summed E-state index contributed by atoms with van der Waals surface area (Å²) in [6, 6.07) is 15.8. The van der Waals surface area contributed by atoms with Gasteiger partial charge in [-0.25, -0.2) is 0 Å². The summed E-state index contributed by atoms with van der Waals surface area (Å²) >= 11 is 6.48. The van der Waals surface area contributed by atoms with Crippen LogP contribution in [0, 0.1) is 23.7 Å². The van der Waals surface area contributed by atoms with Gasteiger partial charge in [-0.15, -0.1) is 0 Å². The first kappa shape index (κ1) is 15.0. The zero-order valence-corrected chi connectivity index (χ0v) is 15.3. The number of fused-ring (bicyclic) bond motifs is 8. The van der Waals surface area contributed by atoms with Gasteiger partial charge in [0.25, 0.3) is 0 Å². The normalized spacial score (nSPS) is 36.5. The quantitative estimate of drug-likeness (QED) is 0.502. The van der Waals surface area contributed by atoms with E-state index in [-0.39, 0.29) is 5.41 Å². The van der Waals surface area contributed by atoms with Crippen LogP contribution >= 0.6 is 11.6 Å². The maximum atomic E-state index is 6.48. The van der Waals surface area contributed by atoms with Crippen molar-refractivity contribution in [1.82, 2.24) is 0 Å². The minimum atomic E-state index is 0.183. The van der Waals surface area contributed by atoms with Gasteiger partial charge in [0.2, 0.25) is 0 Å². The van der Waals surface area contributed by atoms with E-state index in [4.69, 9.17) is 11.6 Å². The third kappa shape index (κ3) is 1.81. The first-order chi connectivity index (χ1) is 11.6. The van der Waals surface area contributed by atoms with Gasteiger partial charge in [0.15, 0.2) is 0 Å². The molecular formula is C23H25Cl. The fraction of sp³-hybridized carbons (Fsp3) is 0.478. The Morgan fingerprint density at radius 3 is 2.54 bits per heavy atom. The van der Waals surface area contributed by atoms with Crippen LogP contribution in [0.25, 0.3) is 11.1 Å². The van der Waals surface area contributed by atoms with Crippen molar-refractivity contribution in [3.8, 4) is 11.1 Å². The summed E-state index contributed by atoms with van der Waals surface area (Å²) in [6.45, 7) is 4.96. The summed E-state index contributed by atoms with van der Waals surface area (Å²) in [7, 11) is 0. The molecule has 2 saturated carbocycles. The van der Waals surface area contributed by atoms with Crippen LogP contribution in [0.15, 0.2) is 42.5 Å². The molecule has 124 valence electrons. The van der Waals surface area contributed by atoms with Crippen molar-refractivity contribution in [2.24, 2.45) is 23.7 Å². The lowest BCUT2D eigenvalue weighted by Gasteiger charge is -2.54. The predicted molar refractivity (Wildman–Crippen MR) is 101 cm³/mol. The third-order valence-corrected chi connectivity index (χ3v) is 7.47. The van der Waals surface area contributed by atoms with E-state index in [1.54, 1.807) is 5.56 Å². The molecule has 0 amide bonds. The SMILES string of the molecule is CC1CC2CC(C)C3(c4ccccc4-c4ccc(Cl)cc43)C(C1)C2. The molecule has 3 aliphatic carbocycles. The van der Waals surface area contributed by atoms with Gasteiger partial charge >= 0.3 is 0 Å². The summed E-state index contributed by atoms with van der Waals surface area (Å²) in [5.41, 5.74) is 6.15. The third-order valence-electron chi connectivity index (χ3n) is 7.24. The Bertz CT molecular complexity index is 803. The average Bonchev–Trinajstić information content (AvgIpc) is 2.83. The molecular weight excluding hydrogens is 312 g/mol. The molecule has 0 aliphatic heterocycles. The van der Waals surface area contributed by atoms with E-state index in [1.165, 1.54) is 42.4 Å². The molecule has 5 rings (SSSR count). The van der Waals surface area contributed by atoms with E-state index in [0.717, 1.165) is 22.8 Å². The Morgan fingerprint density at radius 2 is 1.67 bits per heavy atom. The smallest absolute Gasteiger partial charge is 0.0409 e.